The van der Waals surface area contributed by atoms with Crippen LogP contribution in [0.5, 0.6) is 5.75 Å². The number of amides is 3. The van der Waals surface area contributed by atoms with Gasteiger partial charge in [-0.15, -0.1) is 0 Å². The van der Waals surface area contributed by atoms with Gasteiger partial charge in [0.1, 0.15) is 36.0 Å². The average molecular weight is 565 g/mol. The third-order valence-corrected chi connectivity index (χ3v) is 6.98. The van der Waals surface area contributed by atoms with E-state index in [0.29, 0.717) is 37.6 Å². The molecule has 0 saturated carbocycles. The Morgan fingerprint density at radius 3 is 2.77 bits per heavy atom. The van der Waals surface area contributed by atoms with Gasteiger partial charge in [0.05, 0.1) is 18.3 Å². The molecule has 2 aromatic heterocycles. The van der Waals surface area contributed by atoms with Crippen LogP contribution < -0.4 is 25.2 Å². The fourth-order valence-electron chi connectivity index (χ4n) is 5.02. The first-order valence-corrected chi connectivity index (χ1v) is 13.1. The van der Waals surface area contributed by atoms with Crippen molar-refractivity contribution in [2.45, 2.75) is 63.8 Å². The van der Waals surface area contributed by atoms with E-state index in [4.69, 9.17) is 14.2 Å². The lowest BCUT2D eigenvalue weighted by Gasteiger charge is -2.35. The molecule has 2 bridgehead atoms. The number of carbonyl (C=O) groups is 2. The summed E-state index contributed by atoms with van der Waals surface area (Å²) in [4.78, 5) is 38.2. The second kappa shape index (κ2) is 10.7. The fourth-order valence-corrected chi connectivity index (χ4v) is 5.02. The molecule has 11 nitrogen and oxygen atoms in total. The number of ether oxygens (including phenoxy) is 3. The first kappa shape index (κ1) is 27.9. The van der Waals surface area contributed by atoms with Crippen molar-refractivity contribution in [1.29, 1.82) is 0 Å². The molecule has 0 spiro atoms. The summed E-state index contributed by atoms with van der Waals surface area (Å²) in [6, 6.07) is 3.43. The van der Waals surface area contributed by atoms with Crippen LogP contribution in [-0.2, 0) is 9.47 Å². The number of nitrogens with one attached hydrogen (secondary N) is 2. The van der Waals surface area contributed by atoms with Crippen LogP contribution >= 0.6 is 0 Å². The highest BCUT2D eigenvalue weighted by molar-refractivity contribution is 6.05. The number of anilines is 3. The van der Waals surface area contributed by atoms with Crippen LogP contribution in [-0.4, -0.2) is 78.4 Å². The third kappa shape index (κ3) is 5.92. The van der Waals surface area contributed by atoms with Crippen molar-refractivity contribution in [3.8, 4) is 5.75 Å². The van der Waals surface area contributed by atoms with Crippen molar-refractivity contribution in [1.82, 2.24) is 15.3 Å². The molecule has 1 unspecified atom stereocenters. The van der Waals surface area contributed by atoms with Crippen molar-refractivity contribution in [3.05, 3.63) is 36.2 Å². The van der Waals surface area contributed by atoms with Gasteiger partial charge in [0.2, 0.25) is 0 Å². The Morgan fingerprint density at radius 2 is 2.08 bits per heavy atom. The number of fused-ring (bicyclic) bond motifs is 4. The second-order valence-corrected chi connectivity index (χ2v) is 10.3. The molecule has 5 heterocycles. The Morgan fingerprint density at radius 1 is 1.27 bits per heavy atom. The Bertz CT molecular complexity index is 1280. The zero-order chi connectivity index (χ0) is 28.7. The van der Waals surface area contributed by atoms with Crippen LogP contribution in [0, 0.1) is 0 Å². The molecule has 2 aromatic rings. The van der Waals surface area contributed by atoms with Crippen LogP contribution in [0.4, 0.5) is 35.3 Å². The van der Waals surface area contributed by atoms with Crippen LogP contribution in [0.15, 0.2) is 30.5 Å². The quantitative estimate of drug-likeness (QED) is 0.523. The second-order valence-electron chi connectivity index (χ2n) is 10.3. The highest BCUT2D eigenvalue weighted by Gasteiger charge is 2.42. The minimum atomic E-state index is -4.59. The Balaban J connectivity index is 1.31. The molecule has 0 aliphatic carbocycles. The van der Waals surface area contributed by atoms with E-state index in [2.05, 4.69) is 15.3 Å². The van der Waals surface area contributed by atoms with Crippen LogP contribution in [0.3, 0.4) is 0 Å². The molecule has 2 fully saturated rings. The van der Waals surface area contributed by atoms with E-state index < -0.39 is 29.9 Å². The van der Waals surface area contributed by atoms with Crippen molar-refractivity contribution >= 4 is 29.3 Å². The van der Waals surface area contributed by atoms with Gasteiger partial charge in [0.15, 0.2) is 11.6 Å². The van der Waals surface area contributed by atoms with Crippen molar-refractivity contribution < 1.29 is 37.0 Å². The summed E-state index contributed by atoms with van der Waals surface area (Å²) in [6.45, 7) is 6.87. The number of urea groups is 1. The first-order valence-electron chi connectivity index (χ1n) is 13.1. The Kier molecular flexibility index (Phi) is 7.48. The van der Waals surface area contributed by atoms with E-state index >= 15 is 0 Å². The number of halogens is 3. The van der Waals surface area contributed by atoms with Gasteiger partial charge in [-0.05, 0) is 44.9 Å². The molecule has 2 N–H and O–H groups in total. The maximum Gasteiger partial charge on any atom is 0.408 e. The Labute approximate surface area is 229 Å². The van der Waals surface area contributed by atoms with Crippen molar-refractivity contribution in [2.24, 2.45) is 0 Å². The van der Waals surface area contributed by atoms with E-state index in [-0.39, 0.29) is 42.5 Å². The zero-order valence-corrected chi connectivity index (χ0v) is 22.3. The summed E-state index contributed by atoms with van der Waals surface area (Å²) in [5.74, 6) is -0.731. The van der Waals surface area contributed by atoms with Gasteiger partial charge >= 0.3 is 12.2 Å². The van der Waals surface area contributed by atoms with Gasteiger partial charge in [0.25, 0.3) is 5.91 Å². The van der Waals surface area contributed by atoms with Gasteiger partial charge in [0, 0.05) is 25.4 Å². The fraction of sp³-hybridized carbons (Fsp3) is 0.538. The summed E-state index contributed by atoms with van der Waals surface area (Å²) in [5, 5.41) is 4.75. The van der Waals surface area contributed by atoms with E-state index in [1.54, 1.807) is 18.2 Å². The molecule has 0 radical (unpaired) electrons. The summed E-state index contributed by atoms with van der Waals surface area (Å²) in [5.41, 5.74) is 0.409. The lowest BCUT2D eigenvalue weighted by Crippen LogP contribution is -2.49. The first-order chi connectivity index (χ1) is 18.9. The smallest absolute Gasteiger partial charge is 0.408 e. The molecule has 0 aromatic carbocycles. The highest BCUT2D eigenvalue weighted by atomic mass is 19.4. The molecule has 5 rings (SSSR count). The lowest BCUT2D eigenvalue weighted by atomic mass is 10.1. The average Bonchev–Trinajstić information content (AvgIpc) is 3.48. The molecular weight excluding hydrogens is 533 g/mol. The summed E-state index contributed by atoms with van der Waals surface area (Å²) in [6.07, 6.45) is -2.99. The van der Waals surface area contributed by atoms with Crippen LogP contribution in [0.25, 0.3) is 0 Å². The van der Waals surface area contributed by atoms with Crippen molar-refractivity contribution in [2.75, 3.05) is 41.4 Å². The summed E-state index contributed by atoms with van der Waals surface area (Å²) >= 11 is 0. The van der Waals surface area contributed by atoms with E-state index in [1.807, 2.05) is 24.1 Å². The molecule has 3 atom stereocenters. The topological polar surface area (TPSA) is 118 Å². The molecule has 216 valence electrons. The highest BCUT2D eigenvalue weighted by Crippen LogP contribution is 2.39. The predicted molar refractivity (Wildman–Crippen MR) is 139 cm³/mol. The monoisotopic (exact) mass is 564 g/mol. The number of rotatable bonds is 7. The normalized spacial score (nSPS) is 22.1. The summed E-state index contributed by atoms with van der Waals surface area (Å²) in [7, 11) is 0. The van der Waals surface area contributed by atoms with Gasteiger partial charge < -0.3 is 24.4 Å². The molecule has 3 amide bonds. The number of hydrogen-bond acceptors (Lipinski definition) is 8. The molecule has 2 saturated heterocycles. The number of alkyl halides is 3. The van der Waals surface area contributed by atoms with Gasteiger partial charge in [-0.2, -0.15) is 13.2 Å². The Hall–Kier alpha value is -3.65. The molecule has 3 aliphatic rings. The number of aromatic nitrogens is 2. The van der Waals surface area contributed by atoms with Gasteiger partial charge in [-0.1, -0.05) is 6.92 Å². The number of pyridine rings is 2. The molecular formula is C26H31F3N6O5. The molecule has 14 heteroatoms. The van der Waals surface area contributed by atoms with Crippen LogP contribution in [0.2, 0.25) is 0 Å². The number of hydrogen-bond donors (Lipinski definition) is 2. The largest absolute Gasteiger partial charge is 0.491 e. The molecule has 40 heavy (non-hydrogen) atoms. The van der Waals surface area contributed by atoms with Crippen molar-refractivity contribution in [3.63, 3.8) is 0 Å². The van der Waals surface area contributed by atoms with E-state index in [1.165, 1.54) is 24.1 Å². The van der Waals surface area contributed by atoms with Crippen LogP contribution in [0.1, 0.15) is 44.1 Å². The van der Waals surface area contributed by atoms with Gasteiger partial charge in [-0.25, -0.2) is 14.8 Å². The van der Waals surface area contributed by atoms with E-state index in [0.717, 1.165) is 0 Å². The zero-order valence-electron chi connectivity index (χ0n) is 22.3. The number of nitrogens with zero attached hydrogens (tertiary/aromatic N) is 4. The standard InChI is InChI=1S/C26H31F3N6O5/c1-4-20(26(27,28)29)32-23(36)18-5-6-19-22(31-18)35(15-8-10-34(19)12-15)24(37)33-21-11-16(7-9-30-21)38-13-17-14-39-25(2,3)40-17/h5-7,9,11,15,17,20H,4,8,10,12-14H2,1-3H3,(H,32,36)(H,30,33,37)/t15-,17-,20?/m0/s1. The predicted octanol–water partition coefficient (Wildman–Crippen LogP) is 3.71. The molecule has 3 aliphatic heterocycles. The number of carbonyl (C=O) groups excluding carboxylic acids is 2. The van der Waals surface area contributed by atoms with Gasteiger partial charge in [-0.3, -0.25) is 15.0 Å². The lowest BCUT2D eigenvalue weighted by molar-refractivity contribution is -0.153. The maximum atomic E-state index is 13.5. The van der Waals surface area contributed by atoms with E-state index in [9.17, 15) is 22.8 Å². The maximum absolute atomic E-state index is 13.5. The summed E-state index contributed by atoms with van der Waals surface area (Å²) < 4.78 is 56.7. The minimum Gasteiger partial charge on any atom is -0.491 e. The SMILES string of the molecule is CCC(NC(=O)c1ccc2c(n1)N(C(=O)Nc1cc(OC[C@H]3COC(C)(C)O3)ccn1)[C@H]1CCN2C1)C(F)(F)F. The third-order valence-electron chi connectivity index (χ3n) is 6.98. The minimum absolute atomic E-state index is 0.201.